The average molecular weight is 389 g/mol. The number of nitrogens with one attached hydrogen (secondary N) is 2. The molecule has 9 nitrogen and oxygen atoms in total. The Morgan fingerprint density at radius 3 is 1.78 bits per heavy atom. The van der Waals surface area contributed by atoms with Gasteiger partial charge in [0.05, 0.1) is 40.6 Å². The van der Waals surface area contributed by atoms with Crippen molar-refractivity contribution in [2.75, 3.05) is 54.1 Å². The maximum atomic E-state index is 11.4. The van der Waals surface area contributed by atoms with Gasteiger partial charge in [0.25, 0.3) is 0 Å². The first-order valence-corrected chi connectivity index (χ1v) is 9.22. The van der Waals surface area contributed by atoms with Crippen LogP contribution >= 0.6 is 0 Å². The minimum absolute atomic E-state index is 0.126. The van der Waals surface area contributed by atoms with Crippen molar-refractivity contribution in [2.24, 2.45) is 0 Å². The molecule has 9 heteroatoms. The van der Waals surface area contributed by atoms with E-state index in [1.54, 1.807) is 0 Å². The van der Waals surface area contributed by atoms with E-state index in [1.165, 1.54) is 21.3 Å². The molecule has 0 rings (SSSR count). The molecular weight excluding hydrogens is 354 g/mol. The monoisotopic (exact) mass is 389 g/mol. The van der Waals surface area contributed by atoms with Crippen LogP contribution in [0.15, 0.2) is 0 Å². The summed E-state index contributed by atoms with van der Waals surface area (Å²) in [6.45, 7) is 7.09. The summed E-state index contributed by atoms with van der Waals surface area (Å²) in [4.78, 5) is 36.0. The molecule has 0 bridgehead atoms. The molecule has 0 aliphatic heterocycles. The predicted octanol–water partition coefficient (Wildman–Crippen LogP) is -0.0661. The zero-order chi connectivity index (χ0) is 20.7. The number of methoxy groups -OCH3 is 3. The van der Waals surface area contributed by atoms with Crippen molar-refractivity contribution in [1.82, 2.24) is 15.5 Å². The standard InChI is InChI=1S/C18H35N3O6/c1-14(20-9-6-16(22)25-3)12-19-13-15(2)21(10-7-17(23)26-4)11-8-18(24)27-5/h14-15,19-20H,6-13H2,1-5H3. The van der Waals surface area contributed by atoms with Gasteiger partial charge in [-0.15, -0.1) is 0 Å². The summed E-state index contributed by atoms with van der Waals surface area (Å²) < 4.78 is 14.0. The highest BCUT2D eigenvalue weighted by Crippen LogP contribution is 2.03. The Morgan fingerprint density at radius 2 is 1.30 bits per heavy atom. The molecule has 0 aliphatic carbocycles. The first-order chi connectivity index (χ1) is 12.8. The lowest BCUT2D eigenvalue weighted by Gasteiger charge is -2.29. The van der Waals surface area contributed by atoms with Gasteiger partial charge in [0.15, 0.2) is 0 Å². The molecule has 0 aromatic heterocycles. The summed E-state index contributed by atoms with van der Waals surface area (Å²) in [6, 6.07) is 0.321. The smallest absolute Gasteiger partial charge is 0.306 e. The van der Waals surface area contributed by atoms with Crippen LogP contribution in [-0.2, 0) is 28.6 Å². The van der Waals surface area contributed by atoms with E-state index in [-0.39, 0.29) is 42.8 Å². The van der Waals surface area contributed by atoms with Crippen LogP contribution in [0.25, 0.3) is 0 Å². The Balaban J connectivity index is 4.27. The number of carbonyl (C=O) groups is 3. The molecule has 0 spiro atoms. The number of esters is 3. The van der Waals surface area contributed by atoms with Gasteiger partial charge in [-0.25, -0.2) is 0 Å². The molecule has 0 heterocycles. The summed E-state index contributed by atoms with van der Waals surface area (Å²) >= 11 is 0. The molecule has 2 N–H and O–H groups in total. The largest absolute Gasteiger partial charge is 0.469 e. The number of nitrogens with zero attached hydrogens (tertiary/aromatic N) is 1. The minimum atomic E-state index is -0.276. The van der Waals surface area contributed by atoms with E-state index in [0.717, 1.165) is 6.54 Å². The van der Waals surface area contributed by atoms with Crippen LogP contribution in [-0.4, -0.2) is 88.9 Å². The van der Waals surface area contributed by atoms with Crippen molar-refractivity contribution in [1.29, 1.82) is 0 Å². The van der Waals surface area contributed by atoms with Gasteiger partial charge in [-0.05, 0) is 13.8 Å². The molecule has 0 aromatic rings. The van der Waals surface area contributed by atoms with Gasteiger partial charge in [-0.2, -0.15) is 0 Å². The Morgan fingerprint density at radius 1 is 0.815 bits per heavy atom. The number of hydrogen-bond donors (Lipinski definition) is 2. The highest BCUT2D eigenvalue weighted by molar-refractivity contribution is 5.70. The zero-order valence-electron chi connectivity index (χ0n) is 17.2. The van der Waals surface area contributed by atoms with Crippen LogP contribution in [0, 0.1) is 0 Å². The number of ether oxygens (including phenoxy) is 3. The topological polar surface area (TPSA) is 106 Å². The highest BCUT2D eigenvalue weighted by atomic mass is 16.5. The Kier molecular flexibility index (Phi) is 14.4. The van der Waals surface area contributed by atoms with Crippen molar-refractivity contribution in [3.63, 3.8) is 0 Å². The molecule has 0 amide bonds. The third-order valence-electron chi connectivity index (χ3n) is 4.22. The first kappa shape index (κ1) is 25.3. The summed E-state index contributed by atoms with van der Waals surface area (Å²) in [5, 5.41) is 6.61. The van der Waals surface area contributed by atoms with Crippen LogP contribution in [0.3, 0.4) is 0 Å². The second kappa shape index (κ2) is 15.4. The quantitative estimate of drug-likeness (QED) is 0.294. The van der Waals surface area contributed by atoms with Crippen molar-refractivity contribution in [3.05, 3.63) is 0 Å². The Hall–Kier alpha value is -1.71. The van der Waals surface area contributed by atoms with Gasteiger partial charge in [0, 0.05) is 44.8 Å². The van der Waals surface area contributed by atoms with E-state index >= 15 is 0 Å². The molecule has 2 atom stereocenters. The Bertz CT molecular complexity index is 427. The molecule has 0 saturated heterocycles. The average Bonchev–Trinajstić information content (AvgIpc) is 2.66. The van der Waals surface area contributed by atoms with Crippen molar-refractivity contribution in [2.45, 2.75) is 45.2 Å². The van der Waals surface area contributed by atoms with Crippen molar-refractivity contribution in [3.8, 4) is 0 Å². The molecule has 0 fully saturated rings. The molecule has 0 saturated carbocycles. The fraction of sp³-hybridized carbons (Fsp3) is 0.833. The minimum Gasteiger partial charge on any atom is -0.469 e. The van der Waals surface area contributed by atoms with E-state index in [0.29, 0.717) is 32.6 Å². The SMILES string of the molecule is COC(=O)CCNC(C)CNCC(C)N(CCC(=O)OC)CCC(=O)OC. The summed E-state index contributed by atoms with van der Waals surface area (Å²) in [7, 11) is 4.10. The van der Waals surface area contributed by atoms with Gasteiger partial charge in [-0.3, -0.25) is 19.3 Å². The Labute approximate surface area is 162 Å². The lowest BCUT2D eigenvalue weighted by Crippen LogP contribution is -2.45. The van der Waals surface area contributed by atoms with Crippen LogP contribution in [0.4, 0.5) is 0 Å². The summed E-state index contributed by atoms with van der Waals surface area (Å²) in [5.74, 6) is -0.786. The van der Waals surface area contributed by atoms with E-state index < -0.39 is 0 Å². The van der Waals surface area contributed by atoms with Gasteiger partial charge < -0.3 is 24.8 Å². The second-order valence-corrected chi connectivity index (χ2v) is 6.38. The molecule has 0 aliphatic rings. The van der Waals surface area contributed by atoms with E-state index in [1.807, 2.05) is 13.8 Å². The van der Waals surface area contributed by atoms with Gasteiger partial charge in [0.2, 0.25) is 0 Å². The first-order valence-electron chi connectivity index (χ1n) is 9.22. The number of carbonyl (C=O) groups excluding carboxylic acids is 3. The third-order valence-corrected chi connectivity index (χ3v) is 4.22. The van der Waals surface area contributed by atoms with Crippen LogP contribution in [0.5, 0.6) is 0 Å². The van der Waals surface area contributed by atoms with Crippen LogP contribution in [0.1, 0.15) is 33.1 Å². The van der Waals surface area contributed by atoms with E-state index in [4.69, 9.17) is 0 Å². The lowest BCUT2D eigenvalue weighted by molar-refractivity contribution is -0.142. The fourth-order valence-corrected chi connectivity index (χ4v) is 2.46. The maximum absolute atomic E-state index is 11.4. The van der Waals surface area contributed by atoms with Crippen LogP contribution < -0.4 is 10.6 Å². The highest BCUT2D eigenvalue weighted by Gasteiger charge is 2.17. The summed E-state index contributed by atoms with van der Waals surface area (Å²) in [5.41, 5.74) is 0. The molecule has 2 unspecified atom stereocenters. The van der Waals surface area contributed by atoms with Crippen LogP contribution in [0.2, 0.25) is 0 Å². The van der Waals surface area contributed by atoms with Crippen molar-refractivity contribution < 1.29 is 28.6 Å². The second-order valence-electron chi connectivity index (χ2n) is 6.38. The number of rotatable bonds is 15. The molecule has 0 radical (unpaired) electrons. The fourth-order valence-electron chi connectivity index (χ4n) is 2.46. The normalized spacial score (nSPS) is 13.1. The number of hydrogen-bond acceptors (Lipinski definition) is 9. The maximum Gasteiger partial charge on any atom is 0.306 e. The van der Waals surface area contributed by atoms with E-state index in [9.17, 15) is 14.4 Å². The van der Waals surface area contributed by atoms with Gasteiger partial charge in [0.1, 0.15) is 0 Å². The van der Waals surface area contributed by atoms with E-state index in [2.05, 4.69) is 29.7 Å². The molecular formula is C18H35N3O6. The third kappa shape index (κ3) is 13.2. The molecule has 0 aromatic carbocycles. The molecule has 27 heavy (non-hydrogen) atoms. The lowest BCUT2D eigenvalue weighted by atomic mass is 10.2. The zero-order valence-corrected chi connectivity index (χ0v) is 17.2. The van der Waals surface area contributed by atoms with Crippen molar-refractivity contribution >= 4 is 17.9 Å². The summed E-state index contributed by atoms with van der Waals surface area (Å²) in [6.07, 6.45) is 0.882. The van der Waals surface area contributed by atoms with Gasteiger partial charge >= 0.3 is 17.9 Å². The van der Waals surface area contributed by atoms with Gasteiger partial charge in [-0.1, -0.05) is 0 Å². The molecule has 158 valence electrons. The predicted molar refractivity (Wildman–Crippen MR) is 101 cm³/mol.